The van der Waals surface area contributed by atoms with Crippen LogP contribution in [-0.4, -0.2) is 16.7 Å². The van der Waals surface area contributed by atoms with Crippen LogP contribution in [0.5, 0.6) is 0 Å². The third-order valence-electron chi connectivity index (χ3n) is 2.87. The van der Waals surface area contributed by atoms with Crippen molar-refractivity contribution in [3.8, 4) is 11.5 Å². The van der Waals surface area contributed by atoms with E-state index in [-0.39, 0.29) is 11.9 Å². The van der Waals surface area contributed by atoms with Gasteiger partial charge in [0, 0.05) is 5.56 Å². The van der Waals surface area contributed by atoms with E-state index < -0.39 is 0 Å². The molecule has 1 atom stereocenters. The molecule has 0 saturated carbocycles. The van der Waals surface area contributed by atoms with Gasteiger partial charge in [-0.25, -0.2) is 4.39 Å². The molecule has 1 aromatic heterocycles. The van der Waals surface area contributed by atoms with E-state index in [4.69, 9.17) is 4.42 Å². The van der Waals surface area contributed by atoms with Crippen LogP contribution in [0.25, 0.3) is 11.5 Å². The molecule has 1 fully saturated rings. The average molecular weight is 233 g/mol. The van der Waals surface area contributed by atoms with Crippen LogP contribution in [-0.2, 0) is 0 Å². The second-order valence-corrected chi connectivity index (χ2v) is 4.10. The zero-order chi connectivity index (χ0) is 11.7. The minimum Gasteiger partial charge on any atom is -0.419 e. The maximum Gasteiger partial charge on any atom is 0.247 e. The molecule has 0 bridgehead atoms. The zero-order valence-electron chi connectivity index (χ0n) is 9.19. The Hall–Kier alpha value is -1.75. The van der Waals surface area contributed by atoms with Crippen molar-refractivity contribution < 1.29 is 8.81 Å². The number of hydrogen-bond donors (Lipinski definition) is 1. The highest BCUT2D eigenvalue weighted by molar-refractivity contribution is 5.52. The average Bonchev–Trinajstić information content (AvgIpc) is 3.00. The molecule has 5 heteroatoms. The van der Waals surface area contributed by atoms with Gasteiger partial charge in [0.05, 0.1) is 6.04 Å². The molecular weight excluding hydrogens is 221 g/mol. The summed E-state index contributed by atoms with van der Waals surface area (Å²) in [6, 6.07) is 6.30. The molecule has 0 aliphatic carbocycles. The standard InChI is InChI=1S/C12H12FN3O/c13-9-4-1-3-8(7-9)11-15-16-12(17-11)10-5-2-6-14-10/h1,3-4,7,10,14H,2,5-6H2/t10-/m0/s1. The summed E-state index contributed by atoms with van der Waals surface area (Å²) in [5.74, 6) is 0.649. The van der Waals surface area contributed by atoms with Crippen LogP contribution < -0.4 is 5.32 Å². The van der Waals surface area contributed by atoms with Gasteiger partial charge in [-0.05, 0) is 37.6 Å². The lowest BCUT2D eigenvalue weighted by atomic mass is 10.2. The topological polar surface area (TPSA) is 51.0 Å². The van der Waals surface area contributed by atoms with E-state index in [1.165, 1.54) is 12.1 Å². The van der Waals surface area contributed by atoms with E-state index in [1.54, 1.807) is 12.1 Å². The molecule has 2 heterocycles. The number of benzene rings is 1. The van der Waals surface area contributed by atoms with Crippen LogP contribution in [0.1, 0.15) is 24.8 Å². The predicted octanol–water partition coefficient (Wildman–Crippen LogP) is 2.30. The van der Waals surface area contributed by atoms with Crippen LogP contribution in [0.2, 0.25) is 0 Å². The highest BCUT2D eigenvalue weighted by Crippen LogP contribution is 2.25. The van der Waals surface area contributed by atoms with E-state index in [2.05, 4.69) is 15.5 Å². The van der Waals surface area contributed by atoms with Crippen molar-refractivity contribution >= 4 is 0 Å². The summed E-state index contributed by atoms with van der Waals surface area (Å²) >= 11 is 0. The molecule has 1 aliphatic rings. The first kappa shape index (κ1) is 10.4. The van der Waals surface area contributed by atoms with Crippen LogP contribution in [0, 0.1) is 5.82 Å². The molecule has 0 spiro atoms. The van der Waals surface area contributed by atoms with Crippen LogP contribution in [0.3, 0.4) is 0 Å². The fourth-order valence-electron chi connectivity index (χ4n) is 2.01. The van der Waals surface area contributed by atoms with Crippen molar-refractivity contribution in [2.45, 2.75) is 18.9 Å². The van der Waals surface area contributed by atoms with Crippen molar-refractivity contribution in [2.75, 3.05) is 6.54 Å². The van der Waals surface area contributed by atoms with E-state index in [1.807, 2.05) is 0 Å². The molecule has 3 rings (SSSR count). The Morgan fingerprint density at radius 3 is 3.06 bits per heavy atom. The first-order valence-corrected chi connectivity index (χ1v) is 5.65. The van der Waals surface area contributed by atoms with Gasteiger partial charge in [-0.3, -0.25) is 0 Å². The summed E-state index contributed by atoms with van der Waals surface area (Å²) in [5.41, 5.74) is 0.613. The number of aromatic nitrogens is 2. The zero-order valence-corrected chi connectivity index (χ0v) is 9.19. The fraction of sp³-hybridized carbons (Fsp3) is 0.333. The number of nitrogens with one attached hydrogen (secondary N) is 1. The Kier molecular flexibility index (Phi) is 2.60. The molecule has 4 nitrogen and oxygen atoms in total. The van der Waals surface area contributed by atoms with Gasteiger partial charge >= 0.3 is 0 Å². The minimum absolute atomic E-state index is 0.143. The van der Waals surface area contributed by atoms with Gasteiger partial charge in [0.15, 0.2) is 0 Å². The molecule has 0 unspecified atom stereocenters. The van der Waals surface area contributed by atoms with E-state index in [0.29, 0.717) is 17.3 Å². The van der Waals surface area contributed by atoms with Gasteiger partial charge in [0.1, 0.15) is 5.82 Å². The summed E-state index contributed by atoms with van der Waals surface area (Å²) in [6.07, 6.45) is 2.12. The third kappa shape index (κ3) is 2.06. The van der Waals surface area contributed by atoms with Gasteiger partial charge in [-0.2, -0.15) is 0 Å². The summed E-state index contributed by atoms with van der Waals surface area (Å²) in [6.45, 7) is 0.975. The lowest BCUT2D eigenvalue weighted by molar-refractivity contribution is 0.437. The maximum absolute atomic E-state index is 13.1. The predicted molar refractivity (Wildman–Crippen MR) is 59.7 cm³/mol. The van der Waals surface area contributed by atoms with Crippen LogP contribution in [0.4, 0.5) is 4.39 Å². The first-order chi connectivity index (χ1) is 8.33. The fourth-order valence-corrected chi connectivity index (χ4v) is 2.01. The molecule has 2 aromatic rings. The highest BCUT2D eigenvalue weighted by atomic mass is 19.1. The smallest absolute Gasteiger partial charge is 0.247 e. The normalized spacial score (nSPS) is 19.7. The van der Waals surface area contributed by atoms with Gasteiger partial charge in [-0.15, -0.1) is 10.2 Å². The van der Waals surface area contributed by atoms with E-state index in [9.17, 15) is 4.39 Å². The Morgan fingerprint density at radius 1 is 1.35 bits per heavy atom. The van der Waals surface area contributed by atoms with Crippen molar-refractivity contribution in [1.82, 2.24) is 15.5 Å². The number of hydrogen-bond acceptors (Lipinski definition) is 4. The molecule has 1 saturated heterocycles. The molecular formula is C12H12FN3O. The van der Waals surface area contributed by atoms with Gasteiger partial charge in [0.25, 0.3) is 0 Å². The largest absolute Gasteiger partial charge is 0.419 e. The van der Waals surface area contributed by atoms with Gasteiger partial charge in [-0.1, -0.05) is 6.07 Å². The Morgan fingerprint density at radius 2 is 2.29 bits per heavy atom. The number of halogens is 1. The molecule has 1 aromatic carbocycles. The summed E-state index contributed by atoms with van der Waals surface area (Å²) < 4.78 is 18.6. The van der Waals surface area contributed by atoms with E-state index >= 15 is 0 Å². The highest BCUT2D eigenvalue weighted by Gasteiger charge is 2.22. The van der Waals surface area contributed by atoms with Crippen LogP contribution >= 0.6 is 0 Å². The molecule has 1 N–H and O–H groups in total. The SMILES string of the molecule is Fc1cccc(-c2nnc([C@@H]3CCCN3)o2)c1. The molecule has 0 amide bonds. The number of nitrogens with zero attached hydrogens (tertiary/aromatic N) is 2. The summed E-state index contributed by atoms with van der Waals surface area (Å²) in [4.78, 5) is 0. The lowest BCUT2D eigenvalue weighted by Gasteiger charge is -2.02. The molecule has 17 heavy (non-hydrogen) atoms. The van der Waals surface area contributed by atoms with Gasteiger partial charge in [0.2, 0.25) is 11.8 Å². The Labute approximate surface area is 97.9 Å². The van der Waals surface area contributed by atoms with Crippen molar-refractivity contribution in [3.05, 3.63) is 36.0 Å². The monoisotopic (exact) mass is 233 g/mol. The molecule has 88 valence electrons. The first-order valence-electron chi connectivity index (χ1n) is 5.65. The lowest BCUT2D eigenvalue weighted by Crippen LogP contribution is -2.12. The number of rotatable bonds is 2. The Bertz CT molecular complexity index is 520. The third-order valence-corrected chi connectivity index (χ3v) is 2.87. The second-order valence-electron chi connectivity index (χ2n) is 4.10. The van der Waals surface area contributed by atoms with Crippen molar-refractivity contribution in [1.29, 1.82) is 0 Å². The Balaban J connectivity index is 1.89. The van der Waals surface area contributed by atoms with E-state index in [0.717, 1.165) is 19.4 Å². The molecule has 1 aliphatic heterocycles. The summed E-state index contributed by atoms with van der Waals surface area (Å²) in [5, 5.41) is 11.2. The van der Waals surface area contributed by atoms with Crippen LogP contribution in [0.15, 0.2) is 28.7 Å². The minimum atomic E-state index is -0.304. The molecule has 0 radical (unpaired) electrons. The van der Waals surface area contributed by atoms with Gasteiger partial charge < -0.3 is 9.73 Å². The van der Waals surface area contributed by atoms with Crippen molar-refractivity contribution in [2.24, 2.45) is 0 Å². The quantitative estimate of drug-likeness (QED) is 0.864. The second kappa shape index (κ2) is 4.25. The summed E-state index contributed by atoms with van der Waals surface area (Å²) in [7, 11) is 0. The van der Waals surface area contributed by atoms with Crippen molar-refractivity contribution in [3.63, 3.8) is 0 Å². The maximum atomic E-state index is 13.1.